The molecule has 6 nitrogen and oxygen atoms in total. The van der Waals surface area contributed by atoms with E-state index in [4.69, 9.17) is 14.5 Å². The molecule has 1 heterocycles. The largest absolute Gasteiger partial charge is 0.493 e. The van der Waals surface area contributed by atoms with Crippen LogP contribution in [0.15, 0.2) is 72.8 Å². The van der Waals surface area contributed by atoms with Crippen molar-refractivity contribution in [2.45, 2.75) is 26.3 Å². The summed E-state index contributed by atoms with van der Waals surface area (Å²) in [6, 6.07) is 23.4. The van der Waals surface area contributed by atoms with Crippen LogP contribution < -0.4 is 14.8 Å². The summed E-state index contributed by atoms with van der Waals surface area (Å²) in [5.74, 6) is 2.39. The summed E-state index contributed by atoms with van der Waals surface area (Å²) in [5, 5.41) is 3.01. The van der Waals surface area contributed by atoms with Crippen LogP contribution in [-0.4, -0.2) is 35.7 Å². The normalized spacial score (nSPS) is 10.8. The molecule has 0 bridgehead atoms. The second-order valence-electron chi connectivity index (χ2n) is 7.90. The van der Waals surface area contributed by atoms with Gasteiger partial charge in [-0.3, -0.25) is 4.79 Å². The maximum Gasteiger partial charge on any atom is 0.251 e. The van der Waals surface area contributed by atoms with Crippen LogP contribution in [0.2, 0.25) is 0 Å². The minimum atomic E-state index is -0.0441. The molecule has 0 spiro atoms. The number of benzene rings is 3. The Morgan fingerprint density at radius 1 is 1.00 bits per heavy atom. The van der Waals surface area contributed by atoms with Crippen molar-refractivity contribution >= 4 is 16.9 Å². The number of fused-ring (bicyclic) bond motifs is 1. The van der Waals surface area contributed by atoms with E-state index in [0.29, 0.717) is 25.3 Å². The number of hydrogen-bond acceptors (Lipinski definition) is 4. The number of carbonyl (C=O) groups excluding carboxylic acids is 1. The molecule has 4 aromatic rings. The lowest BCUT2D eigenvalue weighted by molar-refractivity contribution is 0.0953. The average Bonchev–Trinajstić information content (AvgIpc) is 3.19. The van der Waals surface area contributed by atoms with E-state index < -0.39 is 0 Å². The highest BCUT2D eigenvalue weighted by Crippen LogP contribution is 2.26. The number of carbonyl (C=O) groups is 1. The number of para-hydroxylation sites is 4. The van der Waals surface area contributed by atoms with Crippen molar-refractivity contribution in [2.75, 3.05) is 20.3 Å². The molecule has 0 aliphatic heterocycles. The number of aryl methyl sites for hydroxylation is 2. The number of hydrogen-bond donors (Lipinski definition) is 1. The van der Waals surface area contributed by atoms with E-state index >= 15 is 0 Å². The zero-order valence-electron chi connectivity index (χ0n) is 19.1. The molecule has 1 N–H and O–H groups in total. The monoisotopic (exact) mass is 443 g/mol. The zero-order valence-corrected chi connectivity index (χ0v) is 19.1. The van der Waals surface area contributed by atoms with Crippen molar-refractivity contribution in [1.82, 2.24) is 14.9 Å². The number of nitrogens with zero attached hydrogens (tertiary/aromatic N) is 2. The Kier molecular flexibility index (Phi) is 7.25. The van der Waals surface area contributed by atoms with Gasteiger partial charge in [-0.05, 0) is 49.7 Å². The third-order valence-corrected chi connectivity index (χ3v) is 5.52. The number of imidazole rings is 1. The summed E-state index contributed by atoms with van der Waals surface area (Å²) >= 11 is 0. The van der Waals surface area contributed by atoms with Gasteiger partial charge in [-0.15, -0.1) is 0 Å². The predicted octanol–water partition coefficient (Wildman–Crippen LogP) is 4.79. The van der Waals surface area contributed by atoms with Crippen LogP contribution in [0.5, 0.6) is 11.5 Å². The Labute approximate surface area is 194 Å². The fraction of sp³-hybridized carbons (Fsp3) is 0.259. The summed E-state index contributed by atoms with van der Waals surface area (Å²) in [4.78, 5) is 17.2. The van der Waals surface area contributed by atoms with E-state index in [1.54, 1.807) is 7.11 Å². The zero-order chi connectivity index (χ0) is 23.0. The molecule has 0 saturated carbocycles. The highest BCUT2D eigenvalue weighted by atomic mass is 16.5. The van der Waals surface area contributed by atoms with E-state index in [9.17, 15) is 4.79 Å². The van der Waals surface area contributed by atoms with E-state index in [2.05, 4.69) is 16.0 Å². The third-order valence-electron chi connectivity index (χ3n) is 5.52. The molecular weight excluding hydrogens is 414 g/mol. The molecule has 6 heteroatoms. The molecule has 0 unspecified atom stereocenters. The minimum Gasteiger partial charge on any atom is -0.493 e. The lowest BCUT2D eigenvalue weighted by atomic mass is 10.1. The van der Waals surface area contributed by atoms with Gasteiger partial charge in [0.05, 0.1) is 24.7 Å². The van der Waals surface area contributed by atoms with E-state index in [0.717, 1.165) is 46.8 Å². The quantitative estimate of drug-likeness (QED) is 0.358. The first-order valence-corrected chi connectivity index (χ1v) is 11.2. The first-order valence-electron chi connectivity index (χ1n) is 11.2. The maximum absolute atomic E-state index is 12.4. The maximum atomic E-state index is 12.4. The van der Waals surface area contributed by atoms with Gasteiger partial charge in [0.25, 0.3) is 5.91 Å². The van der Waals surface area contributed by atoms with Gasteiger partial charge in [0, 0.05) is 18.5 Å². The predicted molar refractivity (Wildman–Crippen MR) is 130 cm³/mol. The lowest BCUT2D eigenvalue weighted by Crippen LogP contribution is -2.25. The number of rotatable bonds is 10. The third kappa shape index (κ3) is 5.52. The summed E-state index contributed by atoms with van der Waals surface area (Å²) in [7, 11) is 1.64. The van der Waals surface area contributed by atoms with Gasteiger partial charge in [0.1, 0.15) is 12.4 Å². The molecule has 0 radical (unpaired) electrons. The highest BCUT2D eigenvalue weighted by molar-refractivity contribution is 5.94. The SMILES string of the molecule is COc1ccccc1OCCn1c(CCCNC(=O)c2cccc(C)c2)nc2ccccc21. The molecule has 3 aromatic carbocycles. The highest BCUT2D eigenvalue weighted by Gasteiger charge is 2.12. The van der Waals surface area contributed by atoms with Crippen molar-refractivity contribution in [1.29, 1.82) is 0 Å². The van der Waals surface area contributed by atoms with Crippen molar-refractivity contribution in [3.8, 4) is 11.5 Å². The molecule has 0 fully saturated rings. The first kappa shape index (κ1) is 22.4. The Hall–Kier alpha value is -3.80. The second-order valence-corrected chi connectivity index (χ2v) is 7.90. The van der Waals surface area contributed by atoms with Gasteiger partial charge in [0.2, 0.25) is 0 Å². The van der Waals surface area contributed by atoms with Crippen LogP contribution in [-0.2, 0) is 13.0 Å². The van der Waals surface area contributed by atoms with Crippen LogP contribution >= 0.6 is 0 Å². The molecule has 170 valence electrons. The van der Waals surface area contributed by atoms with Gasteiger partial charge in [-0.1, -0.05) is 42.0 Å². The van der Waals surface area contributed by atoms with Crippen molar-refractivity contribution < 1.29 is 14.3 Å². The van der Waals surface area contributed by atoms with Crippen LogP contribution in [0.3, 0.4) is 0 Å². The fourth-order valence-corrected chi connectivity index (χ4v) is 3.89. The number of nitrogens with one attached hydrogen (secondary N) is 1. The van der Waals surface area contributed by atoms with E-state index in [1.807, 2.05) is 73.7 Å². The van der Waals surface area contributed by atoms with Crippen LogP contribution in [0.25, 0.3) is 11.0 Å². The van der Waals surface area contributed by atoms with Crippen LogP contribution in [0.4, 0.5) is 0 Å². The van der Waals surface area contributed by atoms with E-state index in [-0.39, 0.29) is 5.91 Å². The molecule has 1 amide bonds. The van der Waals surface area contributed by atoms with Gasteiger partial charge in [-0.25, -0.2) is 4.98 Å². The lowest BCUT2D eigenvalue weighted by Gasteiger charge is -2.13. The molecular formula is C27H29N3O3. The van der Waals surface area contributed by atoms with Gasteiger partial charge >= 0.3 is 0 Å². The van der Waals surface area contributed by atoms with Crippen molar-refractivity contribution in [2.24, 2.45) is 0 Å². The molecule has 33 heavy (non-hydrogen) atoms. The van der Waals surface area contributed by atoms with Crippen molar-refractivity contribution in [3.05, 3.63) is 89.7 Å². The standard InChI is InChI=1S/C27H29N3O3/c1-20-9-7-10-21(19-20)27(31)28-16-8-15-26-29-22-11-3-4-12-23(22)30(26)17-18-33-25-14-6-5-13-24(25)32-2/h3-7,9-14,19H,8,15-18H2,1-2H3,(H,28,31). The van der Waals surface area contributed by atoms with Crippen LogP contribution in [0, 0.1) is 6.92 Å². The average molecular weight is 444 g/mol. The molecule has 0 atom stereocenters. The molecule has 0 aliphatic carbocycles. The number of methoxy groups -OCH3 is 1. The molecule has 4 rings (SSSR count). The van der Waals surface area contributed by atoms with E-state index in [1.165, 1.54) is 0 Å². The van der Waals surface area contributed by atoms with Gasteiger partial charge in [0.15, 0.2) is 11.5 Å². The summed E-state index contributed by atoms with van der Waals surface area (Å²) < 4.78 is 13.6. The Morgan fingerprint density at radius 3 is 2.61 bits per heavy atom. The number of ether oxygens (including phenoxy) is 2. The summed E-state index contributed by atoms with van der Waals surface area (Å²) in [6.07, 6.45) is 1.56. The Morgan fingerprint density at radius 2 is 1.79 bits per heavy atom. The smallest absolute Gasteiger partial charge is 0.251 e. The van der Waals surface area contributed by atoms with Gasteiger partial charge < -0.3 is 19.4 Å². The molecule has 0 aliphatic rings. The molecule has 0 saturated heterocycles. The first-order chi connectivity index (χ1) is 16.2. The topological polar surface area (TPSA) is 65.4 Å². The second kappa shape index (κ2) is 10.7. The van der Waals surface area contributed by atoms with Gasteiger partial charge in [-0.2, -0.15) is 0 Å². The number of aromatic nitrogens is 2. The van der Waals surface area contributed by atoms with Crippen molar-refractivity contribution in [3.63, 3.8) is 0 Å². The summed E-state index contributed by atoms with van der Waals surface area (Å²) in [5.41, 5.74) is 3.82. The Balaban J connectivity index is 1.38. The molecule has 1 aromatic heterocycles. The Bertz CT molecular complexity index is 1230. The van der Waals surface area contributed by atoms with Crippen LogP contribution in [0.1, 0.15) is 28.2 Å². The summed E-state index contributed by atoms with van der Waals surface area (Å²) in [6.45, 7) is 3.74. The minimum absolute atomic E-state index is 0.0441. The fourth-order valence-electron chi connectivity index (χ4n) is 3.89. The number of amides is 1.